The molecule has 0 amide bonds. The number of aromatic nitrogens is 2. The molecule has 0 radical (unpaired) electrons. The molecule has 2 heterocycles. The smallest absolute Gasteiger partial charge is 0.211 e. The molecule has 0 spiro atoms. The maximum Gasteiger partial charge on any atom is 0.211 e. The number of anilines is 1. The number of nitrogens with zero attached hydrogens (tertiary/aromatic N) is 3. The fourth-order valence-electron chi connectivity index (χ4n) is 2.62. The summed E-state index contributed by atoms with van der Waals surface area (Å²) in [6.07, 6.45) is 7.44. The maximum absolute atomic E-state index is 11.6. The molecule has 124 valence electrons. The molecule has 1 aliphatic heterocycles. The van der Waals surface area contributed by atoms with Crippen LogP contribution in [0.5, 0.6) is 0 Å². The summed E-state index contributed by atoms with van der Waals surface area (Å²) in [5.41, 5.74) is 0.901. The normalized spacial score (nSPS) is 20.0. The van der Waals surface area contributed by atoms with Crippen molar-refractivity contribution in [3.8, 4) is 0 Å². The van der Waals surface area contributed by atoms with Crippen molar-refractivity contribution in [2.24, 2.45) is 5.92 Å². The lowest BCUT2D eigenvalue weighted by Crippen LogP contribution is -2.39. The van der Waals surface area contributed by atoms with E-state index >= 15 is 0 Å². The molecule has 1 saturated heterocycles. The number of hydrogen-bond acceptors (Lipinski definition) is 6. The van der Waals surface area contributed by atoms with Gasteiger partial charge in [-0.25, -0.2) is 17.7 Å². The fraction of sp³-hybridized carbons (Fsp3) is 0.714. The molecule has 0 aromatic carbocycles. The van der Waals surface area contributed by atoms with E-state index in [2.05, 4.69) is 15.3 Å². The van der Waals surface area contributed by atoms with Crippen LogP contribution < -0.4 is 5.32 Å². The van der Waals surface area contributed by atoms with Gasteiger partial charge in [-0.2, -0.15) is 0 Å². The van der Waals surface area contributed by atoms with Crippen LogP contribution in [-0.4, -0.2) is 62.3 Å². The summed E-state index contributed by atoms with van der Waals surface area (Å²) in [6.45, 7) is 2.51. The van der Waals surface area contributed by atoms with Gasteiger partial charge in [0.15, 0.2) is 0 Å². The van der Waals surface area contributed by atoms with E-state index < -0.39 is 10.0 Å². The van der Waals surface area contributed by atoms with Gasteiger partial charge in [-0.1, -0.05) is 0 Å². The van der Waals surface area contributed by atoms with Crippen LogP contribution >= 0.6 is 0 Å². The predicted octanol–water partition coefficient (Wildman–Crippen LogP) is 0.749. The van der Waals surface area contributed by atoms with E-state index in [-0.39, 0.29) is 0 Å². The summed E-state index contributed by atoms with van der Waals surface area (Å²) in [5.74, 6) is 1.03. The van der Waals surface area contributed by atoms with Gasteiger partial charge in [0.05, 0.1) is 31.0 Å². The Bertz CT molecular complexity index is 562. The Morgan fingerprint density at radius 3 is 2.86 bits per heavy atom. The standard InChI is InChI=1S/C14H24N4O3S/c1-21-7-5-15-14-10-16-13(9-17-14)8-12-4-3-6-18(11-12)22(2,19)20/h9-10,12H,3-8,11H2,1-2H3,(H,15,17). The first kappa shape index (κ1) is 17.1. The minimum Gasteiger partial charge on any atom is -0.383 e. The van der Waals surface area contributed by atoms with Gasteiger partial charge in [0.25, 0.3) is 0 Å². The Hall–Kier alpha value is -1.25. The van der Waals surface area contributed by atoms with Gasteiger partial charge in [-0.05, 0) is 25.2 Å². The second-order valence-corrected chi connectivity index (χ2v) is 7.63. The monoisotopic (exact) mass is 328 g/mol. The number of hydrogen-bond donors (Lipinski definition) is 1. The predicted molar refractivity (Wildman–Crippen MR) is 85.2 cm³/mol. The molecule has 1 atom stereocenters. The molecule has 1 aliphatic rings. The average Bonchev–Trinajstić information content (AvgIpc) is 2.49. The first-order valence-corrected chi connectivity index (χ1v) is 9.32. The summed E-state index contributed by atoms with van der Waals surface area (Å²) >= 11 is 0. The highest BCUT2D eigenvalue weighted by atomic mass is 32.2. The van der Waals surface area contributed by atoms with Crippen molar-refractivity contribution in [3.63, 3.8) is 0 Å². The molecule has 0 saturated carbocycles. The van der Waals surface area contributed by atoms with Crippen LogP contribution in [0.25, 0.3) is 0 Å². The molecular formula is C14H24N4O3S. The van der Waals surface area contributed by atoms with E-state index in [0.717, 1.165) is 30.8 Å². The lowest BCUT2D eigenvalue weighted by atomic mass is 9.95. The summed E-state index contributed by atoms with van der Waals surface area (Å²) in [4.78, 5) is 8.73. The Morgan fingerprint density at radius 1 is 1.41 bits per heavy atom. The minimum atomic E-state index is -3.10. The number of nitrogens with one attached hydrogen (secondary N) is 1. The molecule has 0 bridgehead atoms. The maximum atomic E-state index is 11.6. The zero-order valence-electron chi connectivity index (χ0n) is 13.2. The molecule has 1 N–H and O–H groups in total. The van der Waals surface area contributed by atoms with Gasteiger partial charge in [-0.3, -0.25) is 4.98 Å². The Balaban J connectivity index is 1.87. The number of piperidine rings is 1. The molecule has 1 unspecified atom stereocenters. The van der Waals surface area contributed by atoms with E-state index in [1.807, 2.05) is 0 Å². The number of methoxy groups -OCH3 is 1. The topological polar surface area (TPSA) is 84.4 Å². The molecule has 8 heteroatoms. The van der Waals surface area contributed by atoms with Crippen molar-refractivity contribution in [2.45, 2.75) is 19.3 Å². The van der Waals surface area contributed by atoms with Crippen molar-refractivity contribution < 1.29 is 13.2 Å². The largest absolute Gasteiger partial charge is 0.383 e. The molecular weight excluding hydrogens is 304 g/mol. The first-order chi connectivity index (χ1) is 10.5. The summed E-state index contributed by atoms with van der Waals surface area (Å²) in [7, 11) is -1.44. The third-order valence-electron chi connectivity index (χ3n) is 3.77. The fourth-order valence-corrected chi connectivity index (χ4v) is 3.57. The molecule has 2 rings (SSSR count). The summed E-state index contributed by atoms with van der Waals surface area (Å²) in [6, 6.07) is 0. The number of rotatable bonds is 7. The van der Waals surface area contributed by atoms with Crippen molar-refractivity contribution >= 4 is 15.8 Å². The van der Waals surface area contributed by atoms with Crippen LogP contribution in [-0.2, 0) is 21.2 Å². The van der Waals surface area contributed by atoms with E-state index in [0.29, 0.717) is 32.2 Å². The zero-order valence-corrected chi connectivity index (χ0v) is 14.0. The van der Waals surface area contributed by atoms with Crippen molar-refractivity contribution in [2.75, 3.05) is 44.9 Å². The summed E-state index contributed by atoms with van der Waals surface area (Å²) < 4.78 is 29.8. The lowest BCUT2D eigenvalue weighted by molar-refractivity contribution is 0.210. The molecule has 7 nitrogen and oxygen atoms in total. The van der Waals surface area contributed by atoms with Gasteiger partial charge >= 0.3 is 0 Å². The lowest BCUT2D eigenvalue weighted by Gasteiger charge is -2.30. The van der Waals surface area contributed by atoms with Crippen LogP contribution in [0, 0.1) is 5.92 Å². The van der Waals surface area contributed by atoms with E-state index in [4.69, 9.17) is 4.74 Å². The van der Waals surface area contributed by atoms with Crippen molar-refractivity contribution in [1.29, 1.82) is 0 Å². The summed E-state index contributed by atoms with van der Waals surface area (Å²) in [5, 5.41) is 3.12. The highest BCUT2D eigenvalue weighted by molar-refractivity contribution is 7.88. The zero-order chi connectivity index (χ0) is 16.0. The first-order valence-electron chi connectivity index (χ1n) is 7.48. The second-order valence-electron chi connectivity index (χ2n) is 5.65. The van der Waals surface area contributed by atoms with Gasteiger partial charge in [0.2, 0.25) is 10.0 Å². The quantitative estimate of drug-likeness (QED) is 0.744. The third kappa shape index (κ3) is 5.19. The molecule has 22 heavy (non-hydrogen) atoms. The van der Waals surface area contributed by atoms with Gasteiger partial charge in [0, 0.05) is 26.7 Å². The van der Waals surface area contributed by atoms with E-state index in [1.165, 1.54) is 6.26 Å². The van der Waals surface area contributed by atoms with Crippen molar-refractivity contribution in [1.82, 2.24) is 14.3 Å². The van der Waals surface area contributed by atoms with Crippen LogP contribution in [0.1, 0.15) is 18.5 Å². The van der Waals surface area contributed by atoms with Gasteiger partial charge in [0.1, 0.15) is 5.82 Å². The van der Waals surface area contributed by atoms with Gasteiger partial charge in [-0.15, -0.1) is 0 Å². The average molecular weight is 328 g/mol. The van der Waals surface area contributed by atoms with Crippen LogP contribution in [0.15, 0.2) is 12.4 Å². The van der Waals surface area contributed by atoms with E-state index in [9.17, 15) is 8.42 Å². The molecule has 0 aliphatic carbocycles. The van der Waals surface area contributed by atoms with Gasteiger partial charge < -0.3 is 10.1 Å². The van der Waals surface area contributed by atoms with E-state index in [1.54, 1.807) is 23.8 Å². The molecule has 1 aromatic heterocycles. The molecule has 1 fully saturated rings. The number of sulfonamides is 1. The Kier molecular flexibility index (Phi) is 6.10. The molecule has 1 aromatic rings. The van der Waals surface area contributed by atoms with Crippen LogP contribution in [0.2, 0.25) is 0 Å². The van der Waals surface area contributed by atoms with Crippen LogP contribution in [0.4, 0.5) is 5.82 Å². The second kappa shape index (κ2) is 7.85. The number of ether oxygens (including phenoxy) is 1. The van der Waals surface area contributed by atoms with Crippen molar-refractivity contribution in [3.05, 3.63) is 18.1 Å². The third-order valence-corrected chi connectivity index (χ3v) is 5.04. The highest BCUT2D eigenvalue weighted by Crippen LogP contribution is 2.21. The minimum absolute atomic E-state index is 0.310. The highest BCUT2D eigenvalue weighted by Gasteiger charge is 2.26. The van der Waals surface area contributed by atoms with Crippen LogP contribution in [0.3, 0.4) is 0 Å². The Labute approximate surface area is 132 Å². The SMILES string of the molecule is COCCNc1cnc(CC2CCCN(S(C)(=O)=O)C2)cn1. The Morgan fingerprint density at radius 2 is 2.23 bits per heavy atom.